The van der Waals surface area contributed by atoms with Crippen LogP contribution in [-0.2, 0) is 14.8 Å². The van der Waals surface area contributed by atoms with Crippen LogP contribution in [0.4, 0.5) is 0 Å². The number of rotatable bonds is 10. The maximum absolute atomic E-state index is 12.2. The van der Waals surface area contributed by atoms with E-state index in [1.165, 1.54) is 31.4 Å². The van der Waals surface area contributed by atoms with Crippen LogP contribution in [-0.4, -0.2) is 54.8 Å². The number of hydrogen-bond donors (Lipinski definition) is 3. The zero-order chi connectivity index (χ0) is 19.8. The van der Waals surface area contributed by atoms with Gasteiger partial charge < -0.3 is 15.4 Å². The van der Waals surface area contributed by atoms with Crippen molar-refractivity contribution in [3.8, 4) is 0 Å². The van der Waals surface area contributed by atoms with Crippen molar-refractivity contribution in [3.63, 3.8) is 0 Å². The van der Waals surface area contributed by atoms with Crippen molar-refractivity contribution >= 4 is 51.6 Å². The van der Waals surface area contributed by atoms with E-state index in [0.29, 0.717) is 17.5 Å². The van der Waals surface area contributed by atoms with Crippen LogP contribution in [0.2, 0.25) is 5.02 Å². The normalized spacial score (nSPS) is 16.0. The number of sulfonamides is 1. The average Bonchev–Trinajstić information content (AvgIpc) is 2.62. The molecule has 0 amide bonds. The van der Waals surface area contributed by atoms with Gasteiger partial charge >= 0.3 is 0 Å². The Labute approximate surface area is 190 Å². The second-order valence-electron chi connectivity index (χ2n) is 6.80. The summed E-state index contributed by atoms with van der Waals surface area (Å²) in [6, 6.07) is 6.19. The Balaban J connectivity index is 0.00000392. The van der Waals surface area contributed by atoms with Crippen LogP contribution >= 0.6 is 35.6 Å². The van der Waals surface area contributed by atoms with Crippen molar-refractivity contribution in [2.24, 2.45) is 10.4 Å². The molecule has 2 rings (SSSR count). The predicted octanol–water partition coefficient (Wildman–Crippen LogP) is 2.61. The summed E-state index contributed by atoms with van der Waals surface area (Å²) in [5.74, 6) is 0.667. The first-order valence-corrected chi connectivity index (χ1v) is 11.0. The van der Waals surface area contributed by atoms with Gasteiger partial charge in [0.15, 0.2) is 5.96 Å². The van der Waals surface area contributed by atoms with Crippen LogP contribution in [0.15, 0.2) is 34.2 Å². The van der Waals surface area contributed by atoms with Crippen molar-refractivity contribution in [2.45, 2.75) is 30.6 Å². The van der Waals surface area contributed by atoms with Gasteiger partial charge in [0.2, 0.25) is 10.0 Å². The SMILES string of the molecule is CN=C(NCCNS(=O)(=O)c1cccc(Cl)c1)NCC1(CCOC)CCC1.I. The van der Waals surface area contributed by atoms with Crippen molar-refractivity contribution in [2.75, 3.05) is 40.4 Å². The van der Waals surface area contributed by atoms with E-state index < -0.39 is 10.0 Å². The second kappa shape index (κ2) is 12.2. The van der Waals surface area contributed by atoms with E-state index in [4.69, 9.17) is 16.3 Å². The lowest BCUT2D eigenvalue weighted by molar-refractivity contribution is 0.0732. The first-order valence-electron chi connectivity index (χ1n) is 9.09. The van der Waals surface area contributed by atoms with Crippen LogP contribution in [0, 0.1) is 5.41 Å². The lowest BCUT2D eigenvalue weighted by Crippen LogP contribution is -2.48. The lowest BCUT2D eigenvalue weighted by atomic mass is 9.67. The molecule has 0 saturated heterocycles. The summed E-state index contributed by atoms with van der Waals surface area (Å²) >= 11 is 5.86. The molecule has 0 unspecified atom stereocenters. The molecule has 10 heteroatoms. The van der Waals surface area contributed by atoms with Crippen LogP contribution in [0.3, 0.4) is 0 Å². The number of halogens is 2. The van der Waals surface area contributed by atoms with Gasteiger partial charge in [0.25, 0.3) is 0 Å². The Kier molecular flexibility index (Phi) is 11.0. The van der Waals surface area contributed by atoms with Crippen molar-refractivity contribution < 1.29 is 13.2 Å². The second-order valence-corrected chi connectivity index (χ2v) is 9.01. The highest BCUT2D eigenvalue weighted by molar-refractivity contribution is 14.0. The van der Waals surface area contributed by atoms with E-state index in [0.717, 1.165) is 19.6 Å². The fraction of sp³-hybridized carbons (Fsp3) is 0.611. The number of aliphatic imine (C=N–C) groups is 1. The molecule has 3 N–H and O–H groups in total. The van der Waals surface area contributed by atoms with Gasteiger partial charge in [0.1, 0.15) is 0 Å². The molecule has 7 nitrogen and oxygen atoms in total. The fourth-order valence-electron chi connectivity index (χ4n) is 3.09. The molecule has 160 valence electrons. The van der Waals surface area contributed by atoms with E-state index in [9.17, 15) is 8.42 Å². The van der Waals surface area contributed by atoms with Crippen molar-refractivity contribution in [3.05, 3.63) is 29.3 Å². The molecule has 1 saturated carbocycles. The number of methoxy groups -OCH3 is 1. The van der Waals surface area contributed by atoms with Gasteiger partial charge in [0.05, 0.1) is 4.90 Å². The van der Waals surface area contributed by atoms with E-state index in [1.807, 2.05) is 0 Å². The molecule has 0 spiro atoms. The Morgan fingerprint density at radius 3 is 2.61 bits per heavy atom. The Hall–Kier alpha value is -0.620. The molecule has 0 aromatic heterocycles. The smallest absolute Gasteiger partial charge is 0.240 e. The van der Waals surface area contributed by atoms with Crippen molar-refractivity contribution in [1.29, 1.82) is 0 Å². The quantitative estimate of drug-likeness (QED) is 0.182. The third-order valence-electron chi connectivity index (χ3n) is 4.92. The molecule has 1 fully saturated rings. The largest absolute Gasteiger partial charge is 0.385 e. The van der Waals surface area contributed by atoms with Gasteiger partial charge in [-0.25, -0.2) is 13.1 Å². The van der Waals surface area contributed by atoms with E-state index in [-0.39, 0.29) is 40.8 Å². The van der Waals surface area contributed by atoms with E-state index in [2.05, 4.69) is 20.3 Å². The van der Waals surface area contributed by atoms with Crippen LogP contribution in [0.25, 0.3) is 0 Å². The highest BCUT2D eigenvalue weighted by Gasteiger charge is 2.36. The predicted molar refractivity (Wildman–Crippen MR) is 124 cm³/mol. The Bertz CT molecular complexity index is 742. The van der Waals surface area contributed by atoms with Gasteiger partial charge in [-0.15, -0.1) is 24.0 Å². The fourth-order valence-corrected chi connectivity index (χ4v) is 4.42. The number of nitrogens with one attached hydrogen (secondary N) is 3. The number of guanidine groups is 1. The topological polar surface area (TPSA) is 91.8 Å². The molecule has 0 atom stereocenters. The average molecular weight is 545 g/mol. The number of hydrogen-bond acceptors (Lipinski definition) is 4. The molecule has 0 aliphatic heterocycles. The van der Waals surface area contributed by atoms with Gasteiger partial charge in [-0.2, -0.15) is 0 Å². The van der Waals surface area contributed by atoms with E-state index in [1.54, 1.807) is 26.3 Å². The van der Waals surface area contributed by atoms with Crippen molar-refractivity contribution in [1.82, 2.24) is 15.4 Å². The molecule has 0 heterocycles. The van der Waals surface area contributed by atoms with Gasteiger partial charge in [-0.3, -0.25) is 4.99 Å². The standard InChI is InChI=1S/C18H29ClN4O3S.HI/c1-20-17(22-14-18(7-4-8-18)9-12-26-2)21-10-11-23-27(24,25)16-6-3-5-15(19)13-16;/h3,5-6,13,23H,4,7-12,14H2,1-2H3,(H2,20,21,22);1H. The first-order chi connectivity index (χ1) is 12.9. The molecular weight excluding hydrogens is 515 g/mol. The third kappa shape index (κ3) is 7.66. The highest BCUT2D eigenvalue weighted by atomic mass is 127. The molecule has 28 heavy (non-hydrogen) atoms. The number of nitrogens with zero attached hydrogens (tertiary/aromatic N) is 1. The summed E-state index contributed by atoms with van der Waals surface area (Å²) in [4.78, 5) is 4.36. The number of benzene rings is 1. The molecular formula is C18H30ClIN4O3S. The maximum atomic E-state index is 12.2. The molecule has 1 aliphatic carbocycles. The van der Waals surface area contributed by atoms with Crippen LogP contribution in [0.1, 0.15) is 25.7 Å². The molecule has 0 bridgehead atoms. The molecule has 0 radical (unpaired) electrons. The minimum absolute atomic E-state index is 0. The summed E-state index contributed by atoms with van der Waals surface area (Å²) < 4.78 is 32.3. The van der Waals surface area contributed by atoms with Crippen LogP contribution < -0.4 is 15.4 Å². The zero-order valence-corrected chi connectivity index (χ0v) is 20.2. The minimum atomic E-state index is -3.58. The molecule has 1 aliphatic rings. The summed E-state index contributed by atoms with van der Waals surface area (Å²) in [7, 11) is -0.147. The summed E-state index contributed by atoms with van der Waals surface area (Å²) in [5.41, 5.74) is 0.280. The zero-order valence-electron chi connectivity index (χ0n) is 16.3. The third-order valence-corrected chi connectivity index (χ3v) is 6.61. The number of ether oxygens (including phenoxy) is 1. The van der Waals surface area contributed by atoms with Gasteiger partial charge in [-0.05, 0) is 42.9 Å². The maximum Gasteiger partial charge on any atom is 0.240 e. The van der Waals surface area contributed by atoms with Gasteiger partial charge in [-0.1, -0.05) is 24.1 Å². The summed E-state index contributed by atoms with van der Waals surface area (Å²) in [5, 5.41) is 6.87. The highest BCUT2D eigenvalue weighted by Crippen LogP contribution is 2.43. The minimum Gasteiger partial charge on any atom is -0.385 e. The first kappa shape index (κ1) is 25.4. The van der Waals surface area contributed by atoms with Crippen LogP contribution in [0.5, 0.6) is 0 Å². The Morgan fingerprint density at radius 1 is 1.29 bits per heavy atom. The Morgan fingerprint density at radius 2 is 2.04 bits per heavy atom. The summed E-state index contributed by atoms with van der Waals surface area (Å²) in [6.45, 7) is 2.26. The monoisotopic (exact) mass is 544 g/mol. The molecule has 1 aromatic carbocycles. The molecule has 1 aromatic rings. The van der Waals surface area contributed by atoms with Gasteiger partial charge in [0, 0.05) is 45.4 Å². The van der Waals surface area contributed by atoms with E-state index >= 15 is 0 Å². The lowest BCUT2D eigenvalue weighted by Gasteiger charge is -2.42. The summed E-state index contributed by atoms with van der Waals surface area (Å²) in [6.07, 6.45) is 4.68.